The van der Waals surface area contributed by atoms with Crippen LogP contribution in [0.5, 0.6) is 0 Å². The van der Waals surface area contributed by atoms with E-state index in [2.05, 4.69) is 0 Å². The van der Waals surface area contributed by atoms with Crippen molar-refractivity contribution in [1.82, 2.24) is 0 Å². The van der Waals surface area contributed by atoms with Gasteiger partial charge in [0.05, 0.1) is 6.61 Å². The summed E-state index contributed by atoms with van der Waals surface area (Å²) in [6.45, 7) is 0.368. The summed E-state index contributed by atoms with van der Waals surface area (Å²) in [5.41, 5.74) is -0.260. The number of Topliss-reactive ketones (excluding diaryl/α,β-unsaturated/α-hetero) is 1. The topological polar surface area (TPSA) is 26.3 Å². The van der Waals surface area contributed by atoms with Crippen LogP contribution in [0.25, 0.3) is 0 Å². The van der Waals surface area contributed by atoms with Crippen LogP contribution in [0.1, 0.15) is 16.8 Å². The van der Waals surface area contributed by atoms with Crippen molar-refractivity contribution in [2.75, 3.05) is 6.61 Å². The van der Waals surface area contributed by atoms with Gasteiger partial charge in [0.1, 0.15) is 0 Å². The Morgan fingerprint density at radius 2 is 1.81 bits per heavy atom. The Balaban J connectivity index is 2.37. The van der Waals surface area contributed by atoms with Crippen LogP contribution in [-0.4, -0.2) is 12.4 Å². The van der Waals surface area contributed by atoms with Crippen molar-refractivity contribution in [3.63, 3.8) is 0 Å². The maximum atomic E-state index is 12.9. The van der Waals surface area contributed by atoms with Crippen molar-refractivity contribution >= 4 is 5.78 Å². The molecule has 1 aliphatic heterocycles. The second-order valence-corrected chi connectivity index (χ2v) is 3.29. The Morgan fingerprint density at radius 3 is 2.31 bits per heavy atom. The number of rotatable bonds is 2. The highest BCUT2D eigenvalue weighted by Gasteiger charge is 2.20. The molecule has 0 unspecified atom stereocenters. The minimum absolute atomic E-state index is 0.0467. The van der Waals surface area contributed by atoms with Gasteiger partial charge in [0.2, 0.25) is 5.78 Å². The molecule has 0 radical (unpaired) electrons. The van der Waals surface area contributed by atoms with Crippen molar-refractivity contribution in [2.24, 2.45) is 0 Å². The highest BCUT2D eigenvalue weighted by Crippen LogP contribution is 2.19. The molecule has 0 bridgehead atoms. The first-order chi connectivity index (χ1) is 7.59. The van der Waals surface area contributed by atoms with Crippen molar-refractivity contribution in [3.05, 3.63) is 47.0 Å². The molecule has 84 valence electrons. The van der Waals surface area contributed by atoms with E-state index in [0.29, 0.717) is 25.2 Å². The monoisotopic (exact) mass is 228 g/mol. The van der Waals surface area contributed by atoms with Crippen LogP contribution in [0.3, 0.4) is 0 Å². The van der Waals surface area contributed by atoms with Gasteiger partial charge in [0, 0.05) is 12.0 Å². The van der Waals surface area contributed by atoms with Crippen molar-refractivity contribution in [2.45, 2.75) is 6.42 Å². The number of halogens is 3. The molecule has 0 aromatic heterocycles. The molecule has 1 aromatic rings. The predicted octanol–water partition coefficient (Wildman–Crippen LogP) is 2.59. The Kier molecular flexibility index (Phi) is 2.68. The minimum atomic E-state index is -1.59. The molecule has 0 saturated heterocycles. The van der Waals surface area contributed by atoms with E-state index in [1.54, 1.807) is 0 Å². The molecule has 1 aliphatic rings. The van der Waals surface area contributed by atoms with Gasteiger partial charge in [0.15, 0.2) is 23.2 Å². The van der Waals surface area contributed by atoms with E-state index in [1.807, 2.05) is 0 Å². The van der Waals surface area contributed by atoms with Crippen LogP contribution in [0.4, 0.5) is 13.2 Å². The van der Waals surface area contributed by atoms with Gasteiger partial charge in [-0.2, -0.15) is 0 Å². The fourth-order valence-electron chi connectivity index (χ4n) is 1.40. The van der Waals surface area contributed by atoms with E-state index >= 15 is 0 Å². The molecule has 0 fully saturated rings. The second kappa shape index (κ2) is 4.00. The average Bonchev–Trinajstić information content (AvgIpc) is 2.77. The molecule has 5 heteroatoms. The zero-order chi connectivity index (χ0) is 11.7. The molecule has 0 aliphatic carbocycles. The second-order valence-electron chi connectivity index (χ2n) is 3.29. The standard InChI is InChI=1S/C11H7F3O2/c12-7-4-6(5-8(13)10(7)14)11(15)9-2-1-3-16-9/h2,4-5H,1,3H2. The molecule has 0 spiro atoms. The molecule has 0 amide bonds. The highest BCUT2D eigenvalue weighted by atomic mass is 19.2. The molecule has 0 atom stereocenters. The number of allylic oxidation sites excluding steroid dienone is 1. The van der Waals surface area contributed by atoms with Crippen molar-refractivity contribution in [1.29, 1.82) is 0 Å². The van der Waals surface area contributed by atoms with Crippen LogP contribution in [-0.2, 0) is 4.74 Å². The number of carbonyl (C=O) groups excluding carboxylic acids is 1. The number of ketones is 1. The summed E-state index contributed by atoms with van der Waals surface area (Å²) in [6.07, 6.45) is 2.11. The Labute approximate surface area is 89.3 Å². The van der Waals surface area contributed by atoms with Crippen LogP contribution in [0, 0.1) is 17.5 Å². The van der Waals surface area contributed by atoms with Crippen molar-refractivity contribution < 1.29 is 22.7 Å². The SMILES string of the molecule is O=C(C1=CCCO1)c1cc(F)c(F)c(F)c1. The average molecular weight is 228 g/mol. The summed E-state index contributed by atoms with van der Waals surface area (Å²) in [4.78, 5) is 11.6. The van der Waals surface area contributed by atoms with Gasteiger partial charge in [-0.3, -0.25) is 4.79 Å². The molecule has 1 heterocycles. The lowest BCUT2D eigenvalue weighted by Crippen LogP contribution is -2.06. The number of hydrogen-bond acceptors (Lipinski definition) is 2. The van der Waals surface area contributed by atoms with Gasteiger partial charge in [-0.15, -0.1) is 0 Å². The lowest BCUT2D eigenvalue weighted by atomic mass is 10.1. The summed E-state index contributed by atoms with van der Waals surface area (Å²) < 4.78 is 43.3. The zero-order valence-electron chi connectivity index (χ0n) is 8.10. The van der Waals surface area contributed by atoms with E-state index in [-0.39, 0.29) is 11.3 Å². The molecule has 1 aromatic carbocycles. The highest BCUT2D eigenvalue weighted by molar-refractivity contribution is 6.07. The summed E-state index contributed by atoms with van der Waals surface area (Å²) in [6, 6.07) is 1.31. The molecular weight excluding hydrogens is 221 g/mol. The summed E-state index contributed by atoms with van der Waals surface area (Å²) in [7, 11) is 0. The van der Waals surface area contributed by atoms with E-state index in [9.17, 15) is 18.0 Å². The van der Waals surface area contributed by atoms with Crippen LogP contribution >= 0.6 is 0 Å². The summed E-state index contributed by atoms with van der Waals surface area (Å²) in [5, 5.41) is 0. The van der Waals surface area contributed by atoms with Gasteiger partial charge in [-0.05, 0) is 18.2 Å². The molecule has 2 nitrogen and oxygen atoms in total. The third-order valence-corrected chi connectivity index (χ3v) is 2.17. The van der Waals surface area contributed by atoms with E-state index in [1.165, 1.54) is 6.08 Å². The van der Waals surface area contributed by atoms with Crippen LogP contribution < -0.4 is 0 Å². The number of ether oxygens (including phenoxy) is 1. The van der Waals surface area contributed by atoms with Gasteiger partial charge in [0.25, 0.3) is 0 Å². The van der Waals surface area contributed by atoms with E-state index < -0.39 is 23.2 Å². The first kappa shape index (κ1) is 10.7. The van der Waals surface area contributed by atoms with Gasteiger partial charge in [-0.1, -0.05) is 0 Å². The van der Waals surface area contributed by atoms with Crippen LogP contribution in [0.15, 0.2) is 24.0 Å². The van der Waals surface area contributed by atoms with Gasteiger partial charge >= 0.3 is 0 Å². The lowest BCUT2D eigenvalue weighted by Gasteiger charge is -2.04. The number of carbonyl (C=O) groups is 1. The molecule has 0 N–H and O–H groups in total. The van der Waals surface area contributed by atoms with Crippen LogP contribution in [0.2, 0.25) is 0 Å². The molecule has 16 heavy (non-hydrogen) atoms. The Bertz CT molecular complexity index is 457. The van der Waals surface area contributed by atoms with Gasteiger partial charge in [-0.25, -0.2) is 13.2 Å². The van der Waals surface area contributed by atoms with E-state index in [4.69, 9.17) is 4.74 Å². The third kappa shape index (κ3) is 1.80. The quantitative estimate of drug-likeness (QED) is 0.574. The maximum Gasteiger partial charge on any atom is 0.227 e. The normalized spacial score (nSPS) is 14.6. The lowest BCUT2D eigenvalue weighted by molar-refractivity contribution is 0.0941. The smallest absolute Gasteiger partial charge is 0.227 e. The van der Waals surface area contributed by atoms with E-state index in [0.717, 1.165) is 0 Å². The Hall–Kier alpha value is -1.78. The fraction of sp³-hybridized carbons (Fsp3) is 0.182. The maximum absolute atomic E-state index is 12.9. The predicted molar refractivity (Wildman–Crippen MR) is 49.3 cm³/mol. The zero-order valence-corrected chi connectivity index (χ0v) is 8.10. The molecular formula is C11H7F3O2. The largest absolute Gasteiger partial charge is 0.489 e. The number of benzene rings is 1. The third-order valence-electron chi connectivity index (χ3n) is 2.17. The minimum Gasteiger partial charge on any atom is -0.489 e. The summed E-state index contributed by atoms with van der Waals surface area (Å²) >= 11 is 0. The first-order valence-electron chi connectivity index (χ1n) is 4.62. The van der Waals surface area contributed by atoms with Crippen molar-refractivity contribution in [3.8, 4) is 0 Å². The summed E-state index contributed by atoms with van der Waals surface area (Å²) in [5.74, 6) is -4.96. The van der Waals surface area contributed by atoms with Gasteiger partial charge < -0.3 is 4.74 Å². The number of hydrogen-bond donors (Lipinski definition) is 0. The Morgan fingerprint density at radius 1 is 1.19 bits per heavy atom. The fourth-order valence-corrected chi connectivity index (χ4v) is 1.40. The molecule has 0 saturated carbocycles. The molecule has 2 rings (SSSR count). The first-order valence-corrected chi connectivity index (χ1v) is 4.62.